The van der Waals surface area contributed by atoms with Gasteiger partial charge in [-0.3, -0.25) is 9.59 Å². The lowest BCUT2D eigenvalue weighted by molar-refractivity contribution is -0.143. The molecule has 0 aliphatic heterocycles. The van der Waals surface area contributed by atoms with Gasteiger partial charge in [0, 0.05) is 32.5 Å². The molecule has 0 bridgehead atoms. The van der Waals surface area contributed by atoms with Crippen LogP contribution in [-0.2, 0) is 19.1 Å². The van der Waals surface area contributed by atoms with E-state index in [9.17, 15) is 9.59 Å². The smallest absolute Gasteiger partial charge is 0.306 e. The van der Waals surface area contributed by atoms with Gasteiger partial charge in [-0.05, 0) is 77.7 Å². The SMILES string of the molecule is CCCC/C=C/C=C/COC(=O)CCCCCCCC(CCCCCCCC(=O)OC/C=C/C=C/CCCC)CN(C)CCN(C)C. The van der Waals surface area contributed by atoms with E-state index in [2.05, 4.69) is 56.9 Å². The molecule has 0 aromatic rings. The van der Waals surface area contributed by atoms with Gasteiger partial charge in [-0.2, -0.15) is 0 Å². The number of hydrogen-bond donors (Lipinski definition) is 0. The van der Waals surface area contributed by atoms with Crippen LogP contribution < -0.4 is 0 Å². The Balaban J connectivity index is 4.11. The number of rotatable bonds is 33. The predicted octanol–water partition coefficient (Wildman–Crippen LogP) is 10.2. The fourth-order valence-electron chi connectivity index (χ4n) is 5.38. The second-order valence-corrected chi connectivity index (χ2v) is 13.4. The Bertz CT molecular complexity index is 775. The average molecular weight is 659 g/mol. The van der Waals surface area contributed by atoms with Crippen molar-refractivity contribution in [1.29, 1.82) is 0 Å². The van der Waals surface area contributed by atoms with Crippen LogP contribution in [0.15, 0.2) is 48.6 Å². The van der Waals surface area contributed by atoms with Crippen molar-refractivity contribution in [2.45, 2.75) is 142 Å². The van der Waals surface area contributed by atoms with Crippen LogP contribution in [0.2, 0.25) is 0 Å². The van der Waals surface area contributed by atoms with Crippen LogP contribution in [0.25, 0.3) is 0 Å². The van der Waals surface area contributed by atoms with Crippen LogP contribution in [0.1, 0.15) is 142 Å². The molecule has 6 heteroatoms. The zero-order valence-corrected chi connectivity index (χ0v) is 31.4. The summed E-state index contributed by atoms with van der Waals surface area (Å²) in [5, 5.41) is 0. The number of hydrogen-bond acceptors (Lipinski definition) is 6. The molecule has 272 valence electrons. The molecular weight excluding hydrogens is 584 g/mol. The minimum atomic E-state index is -0.0838. The number of unbranched alkanes of at least 4 members (excludes halogenated alkanes) is 12. The van der Waals surface area contributed by atoms with Crippen molar-refractivity contribution in [3.8, 4) is 0 Å². The van der Waals surface area contributed by atoms with E-state index in [1.54, 1.807) is 0 Å². The van der Waals surface area contributed by atoms with Gasteiger partial charge in [0.15, 0.2) is 0 Å². The molecule has 0 saturated carbocycles. The van der Waals surface area contributed by atoms with Gasteiger partial charge in [0.2, 0.25) is 0 Å². The molecule has 0 amide bonds. The Morgan fingerprint density at radius 1 is 0.553 bits per heavy atom. The maximum Gasteiger partial charge on any atom is 0.306 e. The van der Waals surface area contributed by atoms with E-state index in [1.807, 2.05) is 36.5 Å². The summed E-state index contributed by atoms with van der Waals surface area (Å²) in [5.41, 5.74) is 0. The second kappa shape index (κ2) is 35.1. The Hall–Kier alpha value is -2.18. The predicted molar refractivity (Wildman–Crippen MR) is 202 cm³/mol. The van der Waals surface area contributed by atoms with E-state index in [-0.39, 0.29) is 11.9 Å². The van der Waals surface area contributed by atoms with Gasteiger partial charge in [0.1, 0.15) is 13.2 Å². The maximum atomic E-state index is 12.0. The van der Waals surface area contributed by atoms with Crippen molar-refractivity contribution in [2.24, 2.45) is 5.92 Å². The van der Waals surface area contributed by atoms with Crippen molar-refractivity contribution in [2.75, 3.05) is 54.0 Å². The third-order valence-electron chi connectivity index (χ3n) is 8.38. The van der Waals surface area contributed by atoms with Crippen LogP contribution >= 0.6 is 0 Å². The Morgan fingerprint density at radius 2 is 0.979 bits per heavy atom. The van der Waals surface area contributed by atoms with Gasteiger partial charge in [-0.25, -0.2) is 0 Å². The molecule has 0 saturated heterocycles. The van der Waals surface area contributed by atoms with Gasteiger partial charge in [0.05, 0.1) is 0 Å². The van der Waals surface area contributed by atoms with Crippen LogP contribution in [-0.4, -0.2) is 75.7 Å². The number of allylic oxidation sites excluding steroid dienone is 6. The molecule has 0 spiro atoms. The molecule has 0 aromatic carbocycles. The molecule has 0 atom stereocenters. The van der Waals surface area contributed by atoms with Crippen LogP contribution in [0.4, 0.5) is 0 Å². The summed E-state index contributed by atoms with van der Waals surface area (Å²) < 4.78 is 10.6. The molecule has 6 nitrogen and oxygen atoms in total. The highest BCUT2D eigenvalue weighted by Crippen LogP contribution is 2.20. The van der Waals surface area contributed by atoms with E-state index in [4.69, 9.17) is 9.47 Å². The monoisotopic (exact) mass is 659 g/mol. The molecule has 47 heavy (non-hydrogen) atoms. The molecule has 0 aliphatic carbocycles. The Morgan fingerprint density at radius 3 is 1.43 bits per heavy atom. The molecule has 0 heterocycles. The fraction of sp³-hybridized carbons (Fsp3) is 0.756. The van der Waals surface area contributed by atoms with Gasteiger partial charge in [-0.15, -0.1) is 0 Å². The first kappa shape index (κ1) is 44.8. The van der Waals surface area contributed by atoms with Gasteiger partial charge >= 0.3 is 11.9 Å². The minimum Gasteiger partial charge on any atom is -0.461 e. The van der Waals surface area contributed by atoms with E-state index >= 15 is 0 Å². The van der Waals surface area contributed by atoms with Crippen molar-refractivity contribution < 1.29 is 19.1 Å². The third kappa shape index (κ3) is 35.0. The number of carbonyl (C=O) groups is 2. The molecule has 0 unspecified atom stereocenters. The maximum absolute atomic E-state index is 12.0. The lowest BCUT2D eigenvalue weighted by Gasteiger charge is -2.25. The first-order chi connectivity index (χ1) is 22.9. The highest BCUT2D eigenvalue weighted by Gasteiger charge is 2.12. The largest absolute Gasteiger partial charge is 0.461 e. The van der Waals surface area contributed by atoms with E-state index < -0.39 is 0 Å². The molecule has 0 rings (SSSR count). The normalized spacial score (nSPS) is 12.3. The first-order valence-electron chi connectivity index (χ1n) is 19.2. The molecule has 0 fully saturated rings. The van der Waals surface area contributed by atoms with Crippen LogP contribution in [0.3, 0.4) is 0 Å². The number of likely N-dealkylation sites (N-methyl/N-ethyl adjacent to an activating group) is 2. The highest BCUT2D eigenvalue weighted by atomic mass is 16.5. The van der Waals surface area contributed by atoms with Gasteiger partial charge in [-0.1, -0.05) is 127 Å². The van der Waals surface area contributed by atoms with Crippen molar-refractivity contribution in [3.05, 3.63) is 48.6 Å². The standard InChI is InChI=1S/C41H74N2O4/c1-6-8-10-12-14-22-28-36-46-40(44)32-26-20-16-18-24-30-39(38-43(5)35-34-42(3)4)31-25-19-17-21-27-33-41(45)47-37-29-23-15-13-11-9-7-2/h12-15,22-23,28-29,39H,6-11,16-21,24-27,30-38H2,1-5H3/b14-12+,15-13+,28-22+,29-23+. The van der Waals surface area contributed by atoms with E-state index in [0.717, 1.165) is 64.1 Å². The zero-order chi connectivity index (χ0) is 34.6. The lowest BCUT2D eigenvalue weighted by atomic mass is 9.93. The molecule has 0 N–H and O–H groups in total. The molecular formula is C41H74N2O4. The van der Waals surface area contributed by atoms with E-state index in [1.165, 1.54) is 77.0 Å². The quantitative estimate of drug-likeness (QED) is 0.0397. The van der Waals surface area contributed by atoms with Gasteiger partial charge in [0.25, 0.3) is 0 Å². The third-order valence-corrected chi connectivity index (χ3v) is 8.38. The summed E-state index contributed by atoms with van der Waals surface area (Å²) >= 11 is 0. The summed E-state index contributed by atoms with van der Waals surface area (Å²) in [7, 11) is 6.54. The van der Waals surface area contributed by atoms with Crippen molar-refractivity contribution in [1.82, 2.24) is 9.80 Å². The molecule has 0 aromatic heterocycles. The topological polar surface area (TPSA) is 59.1 Å². The highest BCUT2D eigenvalue weighted by molar-refractivity contribution is 5.69. The second-order valence-electron chi connectivity index (χ2n) is 13.4. The summed E-state index contributed by atoms with van der Waals surface area (Å²) in [6.45, 7) is 8.48. The number of carbonyl (C=O) groups excluding carboxylic acids is 2. The summed E-state index contributed by atoms with van der Waals surface area (Å²) in [6.07, 6.45) is 38.2. The molecule has 0 aliphatic rings. The number of esters is 2. The van der Waals surface area contributed by atoms with Crippen LogP contribution in [0.5, 0.6) is 0 Å². The zero-order valence-electron chi connectivity index (χ0n) is 31.4. The number of nitrogens with zero attached hydrogens (tertiary/aromatic N) is 2. The summed E-state index contributed by atoms with van der Waals surface area (Å²) in [6, 6.07) is 0. The first-order valence-corrected chi connectivity index (χ1v) is 19.2. The Kier molecular flexibility index (Phi) is 33.5. The summed E-state index contributed by atoms with van der Waals surface area (Å²) in [5.74, 6) is 0.565. The molecule has 0 radical (unpaired) electrons. The van der Waals surface area contributed by atoms with Crippen molar-refractivity contribution in [3.63, 3.8) is 0 Å². The van der Waals surface area contributed by atoms with E-state index in [0.29, 0.717) is 26.1 Å². The fourth-order valence-corrected chi connectivity index (χ4v) is 5.38. The minimum absolute atomic E-state index is 0.0838. The summed E-state index contributed by atoms with van der Waals surface area (Å²) in [4.78, 5) is 28.7. The van der Waals surface area contributed by atoms with Crippen LogP contribution in [0, 0.1) is 5.92 Å². The number of ether oxygens (including phenoxy) is 2. The average Bonchev–Trinajstić information content (AvgIpc) is 3.05. The van der Waals surface area contributed by atoms with Crippen molar-refractivity contribution >= 4 is 11.9 Å². The van der Waals surface area contributed by atoms with Gasteiger partial charge < -0.3 is 19.3 Å². The lowest BCUT2D eigenvalue weighted by Crippen LogP contribution is -2.32. The Labute approximate surface area is 291 Å².